The number of benzene rings is 1. The number of hydrogen-bond acceptors (Lipinski definition) is 6. The topological polar surface area (TPSA) is 137 Å². The van der Waals surface area contributed by atoms with Crippen LogP contribution in [0.25, 0.3) is 0 Å². The van der Waals surface area contributed by atoms with Crippen LogP contribution in [-0.4, -0.2) is 14.6 Å². The number of nitrogens with two attached hydrogens (primary N) is 3. The first kappa shape index (κ1) is 14.7. The summed E-state index contributed by atoms with van der Waals surface area (Å²) in [6.45, 7) is 3.39. The van der Waals surface area contributed by atoms with Gasteiger partial charge in [0.15, 0.2) is 0 Å². The zero-order valence-corrected chi connectivity index (χ0v) is 10.9. The van der Waals surface area contributed by atoms with Crippen LogP contribution < -0.4 is 21.9 Å². The molecular weight excluding hydrogens is 266 g/mol. The number of nitrogens with one attached hydrogen (secondary N) is 1. The molecule has 0 amide bonds. The second-order valence-corrected chi connectivity index (χ2v) is 5.15. The van der Waals surface area contributed by atoms with E-state index < -0.39 is 10.0 Å². The average Bonchev–Trinajstić information content (AvgIpc) is 2.27. The van der Waals surface area contributed by atoms with Crippen LogP contribution in [0.5, 0.6) is 0 Å². The quantitative estimate of drug-likeness (QED) is 0.565. The van der Waals surface area contributed by atoms with Gasteiger partial charge in [0, 0.05) is 11.9 Å². The normalized spacial score (nSPS) is 12.6. The molecule has 102 valence electrons. The molecule has 7 N–H and O–H groups in total. The van der Waals surface area contributed by atoms with E-state index >= 15 is 0 Å². The van der Waals surface area contributed by atoms with Crippen LogP contribution in [-0.2, 0) is 10.0 Å². The van der Waals surface area contributed by atoms with E-state index in [4.69, 9.17) is 16.6 Å². The third-order valence-corrected chi connectivity index (χ3v) is 2.90. The fourth-order valence-corrected chi connectivity index (χ4v) is 1.67. The number of sulfonamides is 1. The number of allylic oxidation sites excluding steroid dienone is 1. The molecule has 0 spiro atoms. The van der Waals surface area contributed by atoms with Crippen molar-refractivity contribution in [1.82, 2.24) is 0 Å². The SMILES string of the molecule is C=C(N)/N=C\C=C(/N)Nc1ccc(S(N)(=O)=O)cc1. The lowest BCUT2D eigenvalue weighted by Crippen LogP contribution is -2.12. The van der Waals surface area contributed by atoms with Crippen LogP contribution in [0.1, 0.15) is 0 Å². The summed E-state index contributed by atoms with van der Waals surface area (Å²) in [6.07, 6.45) is 2.88. The van der Waals surface area contributed by atoms with Crippen molar-refractivity contribution in [3.05, 3.63) is 48.6 Å². The Morgan fingerprint density at radius 2 is 1.84 bits per heavy atom. The second-order valence-electron chi connectivity index (χ2n) is 3.59. The van der Waals surface area contributed by atoms with Gasteiger partial charge in [-0.25, -0.2) is 18.5 Å². The van der Waals surface area contributed by atoms with Gasteiger partial charge in [-0.15, -0.1) is 0 Å². The van der Waals surface area contributed by atoms with Gasteiger partial charge >= 0.3 is 0 Å². The van der Waals surface area contributed by atoms with Crippen LogP contribution in [0.2, 0.25) is 0 Å². The highest BCUT2D eigenvalue weighted by Gasteiger charge is 2.06. The smallest absolute Gasteiger partial charge is 0.238 e. The van der Waals surface area contributed by atoms with E-state index in [-0.39, 0.29) is 10.7 Å². The molecule has 0 fully saturated rings. The average molecular weight is 281 g/mol. The molecular formula is C11H15N5O2S. The van der Waals surface area contributed by atoms with Crippen molar-refractivity contribution in [2.45, 2.75) is 4.90 Å². The van der Waals surface area contributed by atoms with E-state index in [1.54, 1.807) is 12.1 Å². The first-order chi connectivity index (χ1) is 8.79. The zero-order chi connectivity index (χ0) is 14.5. The van der Waals surface area contributed by atoms with Crippen molar-refractivity contribution >= 4 is 21.9 Å². The Kier molecular flexibility index (Phi) is 4.67. The largest absolute Gasteiger partial charge is 0.385 e. The van der Waals surface area contributed by atoms with E-state index in [1.807, 2.05) is 0 Å². The maximum absolute atomic E-state index is 11.1. The van der Waals surface area contributed by atoms with Gasteiger partial charge in [-0.2, -0.15) is 0 Å². The van der Waals surface area contributed by atoms with Gasteiger partial charge in [-0.3, -0.25) is 0 Å². The van der Waals surface area contributed by atoms with Crippen molar-refractivity contribution in [2.75, 3.05) is 5.32 Å². The van der Waals surface area contributed by atoms with Crippen molar-refractivity contribution in [3.8, 4) is 0 Å². The molecule has 0 radical (unpaired) electrons. The molecule has 7 nitrogen and oxygen atoms in total. The maximum atomic E-state index is 11.1. The molecule has 0 saturated heterocycles. The number of rotatable bonds is 5. The van der Waals surface area contributed by atoms with Crippen molar-refractivity contribution < 1.29 is 8.42 Å². The Bertz CT molecular complexity index is 617. The van der Waals surface area contributed by atoms with Crippen LogP contribution in [0.4, 0.5) is 5.69 Å². The summed E-state index contributed by atoms with van der Waals surface area (Å²) in [5, 5.41) is 7.82. The van der Waals surface area contributed by atoms with Gasteiger partial charge in [-0.05, 0) is 30.3 Å². The lowest BCUT2D eigenvalue weighted by molar-refractivity contribution is 0.598. The number of nitrogens with zero attached hydrogens (tertiary/aromatic N) is 1. The molecule has 0 unspecified atom stereocenters. The Balaban J connectivity index is 2.76. The summed E-state index contributed by atoms with van der Waals surface area (Å²) in [4.78, 5) is 3.75. The van der Waals surface area contributed by atoms with E-state index in [0.29, 0.717) is 11.5 Å². The molecule has 0 aliphatic carbocycles. The summed E-state index contributed by atoms with van der Waals surface area (Å²) in [6, 6.07) is 5.83. The maximum Gasteiger partial charge on any atom is 0.238 e. The predicted molar refractivity (Wildman–Crippen MR) is 75.5 cm³/mol. The Hall–Kier alpha value is -2.32. The van der Waals surface area contributed by atoms with Gasteiger partial charge in [0.25, 0.3) is 0 Å². The highest BCUT2D eigenvalue weighted by Crippen LogP contribution is 2.13. The van der Waals surface area contributed by atoms with Crippen molar-refractivity contribution in [1.29, 1.82) is 0 Å². The monoisotopic (exact) mass is 281 g/mol. The van der Waals surface area contributed by atoms with Crippen molar-refractivity contribution in [3.63, 3.8) is 0 Å². The zero-order valence-electron chi connectivity index (χ0n) is 10.1. The van der Waals surface area contributed by atoms with Gasteiger partial charge < -0.3 is 16.8 Å². The van der Waals surface area contributed by atoms with E-state index in [9.17, 15) is 8.42 Å². The summed E-state index contributed by atoms with van der Waals surface area (Å²) < 4.78 is 22.1. The Morgan fingerprint density at radius 1 is 1.26 bits per heavy atom. The standard InChI is InChI=1S/C11H15N5O2S/c1-8(12)15-7-6-11(13)16-9-2-4-10(5-3-9)19(14,17)18/h2-7,16H,1,12-13H2,(H2,14,17,18)/b11-6+,15-7-. The molecule has 0 bridgehead atoms. The first-order valence-electron chi connectivity index (χ1n) is 5.13. The number of aliphatic imine (C=N–C) groups is 1. The van der Waals surface area contributed by atoms with Gasteiger partial charge in [0.1, 0.15) is 11.6 Å². The molecule has 0 saturated carbocycles. The second kappa shape index (κ2) is 6.03. The molecule has 0 heterocycles. The number of primary sulfonamides is 1. The lowest BCUT2D eigenvalue weighted by atomic mass is 10.3. The Morgan fingerprint density at radius 3 is 2.32 bits per heavy atom. The third kappa shape index (κ3) is 5.23. The lowest BCUT2D eigenvalue weighted by Gasteiger charge is -2.06. The summed E-state index contributed by atoms with van der Waals surface area (Å²) in [5.74, 6) is 0.481. The summed E-state index contributed by atoms with van der Waals surface area (Å²) in [7, 11) is -3.69. The highest BCUT2D eigenvalue weighted by molar-refractivity contribution is 7.89. The van der Waals surface area contributed by atoms with E-state index in [0.717, 1.165) is 0 Å². The molecule has 0 aromatic heterocycles. The molecule has 0 aliphatic heterocycles. The molecule has 0 aliphatic rings. The van der Waals surface area contributed by atoms with Crippen LogP contribution in [0.15, 0.2) is 58.5 Å². The minimum atomic E-state index is -3.69. The van der Waals surface area contributed by atoms with Crippen LogP contribution >= 0.6 is 0 Å². The Labute approximate surface area is 111 Å². The van der Waals surface area contributed by atoms with E-state index in [1.165, 1.54) is 24.4 Å². The highest BCUT2D eigenvalue weighted by atomic mass is 32.2. The summed E-state index contributed by atoms with van der Waals surface area (Å²) >= 11 is 0. The minimum Gasteiger partial charge on any atom is -0.385 e. The molecule has 1 rings (SSSR count). The molecule has 19 heavy (non-hydrogen) atoms. The van der Waals surface area contributed by atoms with Crippen molar-refractivity contribution in [2.24, 2.45) is 21.6 Å². The van der Waals surface area contributed by atoms with E-state index in [2.05, 4.69) is 16.9 Å². The molecule has 0 atom stereocenters. The van der Waals surface area contributed by atoms with Crippen LogP contribution in [0, 0.1) is 0 Å². The third-order valence-electron chi connectivity index (χ3n) is 1.97. The minimum absolute atomic E-state index is 0.0293. The number of anilines is 1. The predicted octanol–water partition coefficient (Wildman–Crippen LogP) is 0.0467. The molecule has 8 heteroatoms. The van der Waals surface area contributed by atoms with Gasteiger partial charge in [-0.1, -0.05) is 6.58 Å². The fraction of sp³-hybridized carbons (Fsp3) is 0. The molecule has 1 aromatic carbocycles. The van der Waals surface area contributed by atoms with Gasteiger partial charge in [0.2, 0.25) is 10.0 Å². The van der Waals surface area contributed by atoms with Gasteiger partial charge in [0.05, 0.1) is 4.90 Å². The van der Waals surface area contributed by atoms with Crippen LogP contribution in [0.3, 0.4) is 0 Å². The first-order valence-corrected chi connectivity index (χ1v) is 6.68. The summed E-state index contributed by atoms with van der Waals surface area (Å²) in [5.41, 5.74) is 11.5. The fourth-order valence-electron chi connectivity index (χ4n) is 1.15. The molecule has 1 aromatic rings. The number of hydrogen-bond donors (Lipinski definition) is 4.